The number of thioether (sulfide) groups is 1. The molecular formula is C16H23NO2S. The van der Waals surface area contributed by atoms with Crippen molar-refractivity contribution in [2.24, 2.45) is 5.92 Å². The lowest BCUT2D eigenvalue weighted by Gasteiger charge is -2.30. The maximum Gasteiger partial charge on any atom is 0.322 e. The highest BCUT2D eigenvalue weighted by Crippen LogP contribution is 2.32. The first-order valence-electron chi connectivity index (χ1n) is 7.11. The van der Waals surface area contributed by atoms with Gasteiger partial charge in [0, 0.05) is 17.5 Å². The molecule has 2 atom stereocenters. The number of hydrogen-bond donors (Lipinski definition) is 1. The Hall–Kier alpha value is -1.00. The molecule has 0 aliphatic carbocycles. The van der Waals surface area contributed by atoms with E-state index >= 15 is 0 Å². The van der Waals surface area contributed by atoms with E-state index in [1.54, 1.807) is 0 Å². The molecule has 0 fully saturated rings. The molecule has 0 bridgehead atoms. The second-order valence-electron chi connectivity index (χ2n) is 5.64. The van der Waals surface area contributed by atoms with Crippen molar-refractivity contribution in [2.75, 3.05) is 12.9 Å². The smallest absolute Gasteiger partial charge is 0.322 e. The third-order valence-electron chi connectivity index (χ3n) is 3.57. The Balaban J connectivity index is 2.13. The number of rotatable bonds is 5. The molecule has 0 radical (unpaired) electrons. The lowest BCUT2D eigenvalue weighted by atomic mass is 9.98. The fourth-order valence-electron chi connectivity index (χ4n) is 2.61. The average Bonchev–Trinajstić information content (AvgIpc) is 2.45. The van der Waals surface area contributed by atoms with Crippen LogP contribution < -0.4 is 5.32 Å². The summed E-state index contributed by atoms with van der Waals surface area (Å²) in [6.45, 7) is 4.25. The number of carbonyl (C=O) groups is 1. The van der Waals surface area contributed by atoms with Gasteiger partial charge in [0.25, 0.3) is 0 Å². The van der Waals surface area contributed by atoms with Crippen molar-refractivity contribution >= 4 is 17.7 Å². The SMILES string of the molecule is COC(=O)C(CC(C)C)NC1CSCc2ccccc21. The highest BCUT2D eigenvalue weighted by atomic mass is 32.2. The number of carbonyl (C=O) groups excluding carboxylic acids is 1. The molecule has 0 saturated heterocycles. The van der Waals surface area contributed by atoms with Gasteiger partial charge in [-0.15, -0.1) is 0 Å². The van der Waals surface area contributed by atoms with Crippen LogP contribution in [0.4, 0.5) is 0 Å². The molecular weight excluding hydrogens is 270 g/mol. The Morgan fingerprint density at radius 2 is 2.20 bits per heavy atom. The maximum absolute atomic E-state index is 11.9. The Morgan fingerprint density at radius 1 is 1.45 bits per heavy atom. The molecule has 0 amide bonds. The molecule has 0 saturated carbocycles. The first-order chi connectivity index (χ1) is 9.61. The van der Waals surface area contributed by atoms with Crippen LogP contribution in [0.2, 0.25) is 0 Å². The Morgan fingerprint density at radius 3 is 2.90 bits per heavy atom. The number of nitrogens with one attached hydrogen (secondary N) is 1. The monoisotopic (exact) mass is 293 g/mol. The van der Waals surface area contributed by atoms with Gasteiger partial charge in [-0.1, -0.05) is 38.1 Å². The predicted molar refractivity (Wildman–Crippen MR) is 83.7 cm³/mol. The predicted octanol–water partition coefficient (Wildman–Crippen LogP) is 3.15. The summed E-state index contributed by atoms with van der Waals surface area (Å²) < 4.78 is 4.93. The average molecular weight is 293 g/mol. The zero-order chi connectivity index (χ0) is 14.5. The molecule has 4 heteroatoms. The lowest BCUT2D eigenvalue weighted by Crippen LogP contribution is -2.42. The zero-order valence-corrected chi connectivity index (χ0v) is 13.2. The van der Waals surface area contributed by atoms with Gasteiger partial charge in [0.1, 0.15) is 6.04 Å². The fraction of sp³-hybridized carbons (Fsp3) is 0.562. The highest BCUT2D eigenvalue weighted by Gasteiger charge is 2.27. The standard InChI is InChI=1S/C16H23NO2S/c1-11(2)8-14(16(18)19-3)17-15-10-20-9-12-6-4-5-7-13(12)15/h4-7,11,14-15,17H,8-10H2,1-3H3. The largest absolute Gasteiger partial charge is 0.468 e. The molecule has 110 valence electrons. The molecule has 1 aliphatic heterocycles. The van der Waals surface area contributed by atoms with E-state index in [2.05, 4.69) is 43.4 Å². The first-order valence-corrected chi connectivity index (χ1v) is 8.26. The molecule has 1 N–H and O–H groups in total. The summed E-state index contributed by atoms with van der Waals surface area (Å²) in [6.07, 6.45) is 0.802. The summed E-state index contributed by atoms with van der Waals surface area (Å²) in [4.78, 5) is 11.9. The van der Waals surface area contributed by atoms with Crippen molar-refractivity contribution in [1.82, 2.24) is 5.32 Å². The van der Waals surface area contributed by atoms with Gasteiger partial charge in [0.2, 0.25) is 0 Å². The van der Waals surface area contributed by atoms with Crippen molar-refractivity contribution in [2.45, 2.75) is 38.1 Å². The second kappa shape index (κ2) is 7.14. The first kappa shape index (κ1) is 15.4. The zero-order valence-electron chi connectivity index (χ0n) is 12.4. The van der Waals surface area contributed by atoms with Crippen molar-refractivity contribution < 1.29 is 9.53 Å². The highest BCUT2D eigenvalue weighted by molar-refractivity contribution is 7.98. The van der Waals surface area contributed by atoms with E-state index in [0.29, 0.717) is 5.92 Å². The quantitative estimate of drug-likeness (QED) is 0.846. The van der Waals surface area contributed by atoms with E-state index in [4.69, 9.17) is 4.74 Å². The summed E-state index contributed by atoms with van der Waals surface area (Å²) in [5, 5.41) is 3.50. The van der Waals surface area contributed by atoms with E-state index < -0.39 is 0 Å². The minimum Gasteiger partial charge on any atom is -0.468 e. The van der Waals surface area contributed by atoms with Crippen molar-refractivity contribution in [3.8, 4) is 0 Å². The van der Waals surface area contributed by atoms with Gasteiger partial charge in [0.15, 0.2) is 0 Å². The number of esters is 1. The van der Waals surface area contributed by atoms with Crippen LogP contribution in [0.1, 0.15) is 37.4 Å². The number of hydrogen-bond acceptors (Lipinski definition) is 4. The van der Waals surface area contributed by atoms with Crippen LogP contribution in [0, 0.1) is 5.92 Å². The van der Waals surface area contributed by atoms with Crippen molar-refractivity contribution in [3.63, 3.8) is 0 Å². The topological polar surface area (TPSA) is 38.3 Å². The summed E-state index contributed by atoms with van der Waals surface area (Å²) in [5.41, 5.74) is 2.69. The van der Waals surface area contributed by atoms with Gasteiger partial charge in [-0.05, 0) is 23.5 Å². The number of fused-ring (bicyclic) bond motifs is 1. The van der Waals surface area contributed by atoms with E-state index in [9.17, 15) is 4.79 Å². The van der Waals surface area contributed by atoms with E-state index in [-0.39, 0.29) is 18.1 Å². The Kier molecular flexibility index (Phi) is 5.49. The fourth-order valence-corrected chi connectivity index (χ4v) is 3.72. The number of ether oxygens (including phenoxy) is 1. The molecule has 1 heterocycles. The van der Waals surface area contributed by atoms with Crippen LogP contribution in [0.25, 0.3) is 0 Å². The van der Waals surface area contributed by atoms with Gasteiger partial charge >= 0.3 is 5.97 Å². The van der Waals surface area contributed by atoms with E-state index in [1.165, 1.54) is 18.2 Å². The van der Waals surface area contributed by atoms with Crippen LogP contribution in [0.3, 0.4) is 0 Å². The van der Waals surface area contributed by atoms with Crippen molar-refractivity contribution in [3.05, 3.63) is 35.4 Å². The molecule has 1 aliphatic rings. The van der Waals surface area contributed by atoms with Gasteiger partial charge < -0.3 is 4.74 Å². The van der Waals surface area contributed by atoms with Crippen molar-refractivity contribution in [1.29, 1.82) is 0 Å². The lowest BCUT2D eigenvalue weighted by molar-refractivity contribution is -0.143. The normalized spacial score (nSPS) is 19.5. The Bertz CT molecular complexity index is 462. The third kappa shape index (κ3) is 3.76. The molecule has 0 spiro atoms. The number of methoxy groups -OCH3 is 1. The van der Waals surface area contributed by atoms with Crippen LogP contribution in [-0.4, -0.2) is 24.9 Å². The molecule has 1 aromatic rings. The van der Waals surface area contributed by atoms with Gasteiger partial charge in [0.05, 0.1) is 7.11 Å². The summed E-state index contributed by atoms with van der Waals surface area (Å²) in [7, 11) is 1.46. The van der Waals surface area contributed by atoms with Crippen LogP contribution >= 0.6 is 11.8 Å². The molecule has 2 rings (SSSR count). The van der Waals surface area contributed by atoms with Crippen LogP contribution in [-0.2, 0) is 15.3 Å². The molecule has 3 nitrogen and oxygen atoms in total. The van der Waals surface area contributed by atoms with Gasteiger partial charge in [-0.2, -0.15) is 11.8 Å². The molecule has 0 aromatic heterocycles. The second-order valence-corrected chi connectivity index (χ2v) is 6.67. The summed E-state index contributed by atoms with van der Waals surface area (Å²) in [6, 6.07) is 8.49. The molecule has 2 unspecified atom stereocenters. The number of benzene rings is 1. The maximum atomic E-state index is 11.9. The van der Waals surface area contributed by atoms with E-state index in [1.807, 2.05) is 11.8 Å². The summed E-state index contributed by atoms with van der Waals surface area (Å²) >= 11 is 1.91. The Labute approximate surface area is 125 Å². The van der Waals surface area contributed by atoms with Crippen LogP contribution in [0.15, 0.2) is 24.3 Å². The molecule has 1 aromatic carbocycles. The van der Waals surface area contributed by atoms with E-state index in [0.717, 1.165) is 17.9 Å². The van der Waals surface area contributed by atoms with Gasteiger partial charge in [-0.25, -0.2) is 0 Å². The minimum absolute atomic E-state index is 0.160. The van der Waals surface area contributed by atoms with Gasteiger partial charge in [-0.3, -0.25) is 10.1 Å². The summed E-state index contributed by atoms with van der Waals surface area (Å²) in [5.74, 6) is 2.36. The molecule has 20 heavy (non-hydrogen) atoms. The van der Waals surface area contributed by atoms with Crippen LogP contribution in [0.5, 0.6) is 0 Å². The third-order valence-corrected chi connectivity index (χ3v) is 4.65. The minimum atomic E-state index is -0.225.